The fourth-order valence-electron chi connectivity index (χ4n) is 5.49. The number of rotatable bonds is 14. The first-order valence-electron chi connectivity index (χ1n) is 15.2. The molecule has 0 bridgehead atoms. The van der Waals surface area contributed by atoms with E-state index in [9.17, 15) is 15.0 Å². The van der Waals surface area contributed by atoms with Crippen molar-refractivity contribution in [3.8, 4) is 5.75 Å². The number of carbonyl (C=O) groups excluding carboxylic acids is 1. The minimum atomic E-state index is -1.07. The van der Waals surface area contributed by atoms with E-state index in [0.29, 0.717) is 34.4 Å². The number of hydrogen-bond donors (Lipinski definition) is 1. The van der Waals surface area contributed by atoms with Crippen molar-refractivity contribution in [3.63, 3.8) is 0 Å². The molecule has 0 saturated heterocycles. The fourth-order valence-corrected chi connectivity index (χ4v) is 7.12. The molecule has 1 aromatic heterocycles. The van der Waals surface area contributed by atoms with Gasteiger partial charge in [-0.05, 0) is 97.8 Å². The van der Waals surface area contributed by atoms with Crippen LogP contribution in [-0.2, 0) is 29.8 Å². The summed E-state index contributed by atoms with van der Waals surface area (Å²) in [5, 5.41) is 25.2. The molecule has 0 aliphatic heterocycles. The summed E-state index contributed by atoms with van der Waals surface area (Å²) in [6, 6.07) is 32.7. The Labute approximate surface area is 313 Å². The molecule has 0 spiro atoms. The fraction of sp³-hybridized carbons (Fsp3) is 0.263. The van der Waals surface area contributed by atoms with E-state index < -0.39 is 17.5 Å². The van der Waals surface area contributed by atoms with Crippen molar-refractivity contribution < 1.29 is 49.3 Å². The van der Waals surface area contributed by atoms with Gasteiger partial charge in [-0.15, -0.1) is 0 Å². The van der Waals surface area contributed by atoms with E-state index in [2.05, 4.69) is 6.07 Å². The van der Waals surface area contributed by atoms with Gasteiger partial charge in [0.05, 0.1) is 16.8 Å². The topological polar surface area (TPSA) is 82.5 Å². The third-order valence-corrected chi connectivity index (χ3v) is 9.90. The second-order valence-corrected chi connectivity index (χ2v) is 14.0. The summed E-state index contributed by atoms with van der Waals surface area (Å²) in [6.45, 7) is 3.87. The summed E-state index contributed by atoms with van der Waals surface area (Å²) in [6.07, 6.45) is 1.79. The molecule has 5 rings (SSSR count). The number of aliphatic hydroxyl groups is 1. The number of aryl methyl sites for hydroxylation is 1. The number of carboxylic acids is 1. The summed E-state index contributed by atoms with van der Waals surface area (Å²) >= 11 is 13.8. The summed E-state index contributed by atoms with van der Waals surface area (Å²) in [7, 11) is 0. The van der Waals surface area contributed by atoms with E-state index in [1.807, 2.05) is 84.9 Å². The van der Waals surface area contributed by atoms with Gasteiger partial charge in [-0.1, -0.05) is 83.9 Å². The Hall–Kier alpha value is -2.55. The van der Waals surface area contributed by atoms with Gasteiger partial charge in [0.1, 0.15) is 12.4 Å². The number of benzene rings is 4. The Bertz CT molecular complexity index is 1800. The number of thioether (sulfide) groups is 1. The van der Waals surface area contributed by atoms with Crippen LogP contribution in [0.5, 0.6) is 5.75 Å². The molecule has 1 heterocycles. The van der Waals surface area contributed by atoms with Gasteiger partial charge in [0.25, 0.3) is 0 Å². The summed E-state index contributed by atoms with van der Waals surface area (Å²) in [5.41, 5.74) is 4.50. The molecular weight excluding hydrogens is 660 g/mol. The number of hydrogen-bond acceptors (Lipinski definition) is 6. The molecule has 0 fully saturated rings. The molecule has 1 unspecified atom stereocenters. The molecule has 0 aliphatic rings. The van der Waals surface area contributed by atoms with E-state index >= 15 is 0 Å². The number of carboxylic acid groups (broad SMARTS) is 1. The number of pyridine rings is 1. The van der Waals surface area contributed by atoms with Gasteiger partial charge in [-0.2, -0.15) is 11.8 Å². The smallest absolute Gasteiger partial charge is 0.550 e. The monoisotopic (exact) mass is 695 g/mol. The number of aromatic nitrogens is 1. The minimum Gasteiger partial charge on any atom is -0.550 e. The van der Waals surface area contributed by atoms with Crippen LogP contribution in [0.3, 0.4) is 0 Å². The molecule has 4 aromatic carbocycles. The van der Waals surface area contributed by atoms with E-state index in [1.54, 1.807) is 37.7 Å². The number of halogens is 2. The van der Waals surface area contributed by atoms with Gasteiger partial charge in [0, 0.05) is 38.3 Å². The van der Waals surface area contributed by atoms with Crippen LogP contribution in [0.4, 0.5) is 0 Å². The molecule has 9 heteroatoms. The van der Waals surface area contributed by atoms with Crippen molar-refractivity contribution in [3.05, 3.63) is 141 Å². The average Bonchev–Trinajstić information content (AvgIpc) is 3.03. The van der Waals surface area contributed by atoms with Crippen molar-refractivity contribution in [2.75, 3.05) is 5.75 Å². The van der Waals surface area contributed by atoms with Gasteiger partial charge in [0.15, 0.2) is 0 Å². The van der Waals surface area contributed by atoms with Gasteiger partial charge < -0.3 is 19.7 Å². The van der Waals surface area contributed by atoms with Gasteiger partial charge in [-0.3, -0.25) is 0 Å². The predicted molar refractivity (Wildman–Crippen MR) is 186 cm³/mol. The second-order valence-electron chi connectivity index (χ2n) is 11.9. The Kier molecular flexibility index (Phi) is 13.6. The number of ether oxygens (including phenoxy) is 1. The first-order valence-corrected chi connectivity index (χ1v) is 17.0. The molecule has 0 radical (unpaired) electrons. The first-order chi connectivity index (χ1) is 22.0. The molecule has 2 atom stereocenters. The Morgan fingerprint density at radius 2 is 1.66 bits per heavy atom. The Morgan fingerprint density at radius 3 is 2.40 bits per heavy atom. The number of carbonyl (C=O) groups is 1. The van der Waals surface area contributed by atoms with Crippen molar-refractivity contribution >= 4 is 51.8 Å². The van der Waals surface area contributed by atoms with Gasteiger partial charge in [-0.25, -0.2) is 4.98 Å². The normalized spacial score (nSPS) is 12.7. The van der Waals surface area contributed by atoms with Crippen LogP contribution >= 0.6 is 35.0 Å². The van der Waals surface area contributed by atoms with Crippen LogP contribution < -0.4 is 39.4 Å². The molecule has 0 saturated carbocycles. The van der Waals surface area contributed by atoms with Crippen LogP contribution in [0, 0.1) is 5.92 Å². The zero-order valence-corrected chi connectivity index (χ0v) is 31.1. The molecule has 0 amide bonds. The summed E-state index contributed by atoms with van der Waals surface area (Å²) < 4.78 is 6.19. The zero-order chi connectivity index (χ0) is 32.7. The van der Waals surface area contributed by atoms with Gasteiger partial charge >= 0.3 is 29.6 Å². The summed E-state index contributed by atoms with van der Waals surface area (Å²) in [5.74, 6) is -0.679. The molecule has 5 aromatic rings. The van der Waals surface area contributed by atoms with Crippen molar-refractivity contribution in [2.45, 2.75) is 50.6 Å². The van der Waals surface area contributed by atoms with Crippen molar-refractivity contribution in [2.24, 2.45) is 5.92 Å². The second kappa shape index (κ2) is 17.2. The minimum absolute atomic E-state index is 0. The van der Waals surface area contributed by atoms with E-state index in [0.717, 1.165) is 45.3 Å². The third-order valence-electron chi connectivity index (χ3n) is 7.91. The zero-order valence-electron chi connectivity index (χ0n) is 26.8. The quantitative estimate of drug-likeness (QED) is 0.158. The Morgan fingerprint density at radius 1 is 0.936 bits per heavy atom. The van der Waals surface area contributed by atoms with E-state index in [-0.39, 0.29) is 41.4 Å². The molecule has 47 heavy (non-hydrogen) atoms. The number of nitrogens with zero attached hydrogens (tertiary/aromatic N) is 1. The standard InChI is InChI=1S/C38H37Cl2NO4S.Na/c1-38(2,44)34-9-4-3-6-26(34)14-19-36(46-24-29(37(42)43)20-25-10-15-30(39)16-11-25)28-7-5-8-33(21-28)45-23-32-18-13-27-12-17-31(40)22-35(27)41-32;/h3-13,15-18,21-22,29,36,44H,14,19-20,23-24H2,1-2H3,(H,42,43);/q;+1/p-1/t29?,36-;/m0./s1. The van der Waals surface area contributed by atoms with Crippen LogP contribution in [0.15, 0.2) is 103 Å². The number of fused-ring (bicyclic) bond motifs is 1. The molecule has 5 nitrogen and oxygen atoms in total. The van der Waals surface area contributed by atoms with Crippen LogP contribution in [-0.4, -0.2) is 21.8 Å². The van der Waals surface area contributed by atoms with Crippen LogP contribution in [0.1, 0.15) is 53.5 Å². The van der Waals surface area contributed by atoms with Crippen molar-refractivity contribution in [1.82, 2.24) is 4.98 Å². The van der Waals surface area contributed by atoms with E-state index in [4.69, 9.17) is 32.9 Å². The molecular formula is C38H36Cl2NNaO4S. The largest absolute Gasteiger partial charge is 1.00 e. The molecule has 238 valence electrons. The Balaban J connectivity index is 0.00000500. The first kappa shape index (κ1) is 37.3. The number of aliphatic carboxylic acids is 1. The maximum absolute atomic E-state index is 12.2. The third kappa shape index (κ3) is 10.7. The predicted octanol–water partition coefficient (Wildman–Crippen LogP) is 5.37. The average molecular weight is 697 g/mol. The molecule has 1 N–H and O–H groups in total. The maximum atomic E-state index is 12.2. The summed E-state index contributed by atoms with van der Waals surface area (Å²) in [4.78, 5) is 16.9. The van der Waals surface area contributed by atoms with Gasteiger partial charge in [0.2, 0.25) is 0 Å². The SMILES string of the molecule is CC(C)(O)c1ccccc1CC[C@H](SCC(Cc1ccc(Cl)cc1)C(=O)[O-])c1cccc(OCc2ccc3ccc(Cl)cc3n2)c1.[Na+]. The van der Waals surface area contributed by atoms with E-state index in [1.165, 1.54) is 0 Å². The van der Waals surface area contributed by atoms with Crippen LogP contribution in [0.2, 0.25) is 10.0 Å². The van der Waals surface area contributed by atoms with Crippen LogP contribution in [0.25, 0.3) is 10.9 Å². The van der Waals surface area contributed by atoms with Crippen molar-refractivity contribution in [1.29, 1.82) is 0 Å². The maximum Gasteiger partial charge on any atom is 1.00 e. The molecule has 0 aliphatic carbocycles.